The van der Waals surface area contributed by atoms with E-state index in [0.717, 1.165) is 35.4 Å². The summed E-state index contributed by atoms with van der Waals surface area (Å²) >= 11 is 0. The Bertz CT molecular complexity index is 937. The van der Waals surface area contributed by atoms with Crippen LogP contribution in [0, 0.1) is 16.7 Å². The third-order valence-electron chi connectivity index (χ3n) is 6.55. The zero-order valence-electron chi connectivity index (χ0n) is 14.3. The Morgan fingerprint density at radius 1 is 1.24 bits per heavy atom. The van der Waals surface area contributed by atoms with Gasteiger partial charge in [0.25, 0.3) is 5.56 Å². The van der Waals surface area contributed by atoms with E-state index >= 15 is 0 Å². The number of nitrogens with one attached hydrogen (secondary N) is 1. The second-order valence-electron chi connectivity index (χ2n) is 8.06. The Hall–Kier alpha value is -2.35. The van der Waals surface area contributed by atoms with Gasteiger partial charge in [-0.2, -0.15) is 5.26 Å². The molecule has 1 aliphatic heterocycles. The molecule has 1 saturated heterocycles. The van der Waals surface area contributed by atoms with Gasteiger partial charge in [-0.1, -0.05) is 6.42 Å². The van der Waals surface area contributed by atoms with Crippen molar-refractivity contribution in [2.45, 2.75) is 50.9 Å². The van der Waals surface area contributed by atoms with E-state index in [4.69, 9.17) is 0 Å². The predicted molar refractivity (Wildman–Crippen MR) is 96.8 cm³/mol. The lowest BCUT2D eigenvalue weighted by Gasteiger charge is -2.48. The number of hydrogen-bond donors (Lipinski definition) is 1. The van der Waals surface area contributed by atoms with Crippen LogP contribution >= 0.6 is 0 Å². The fourth-order valence-corrected chi connectivity index (χ4v) is 4.61. The van der Waals surface area contributed by atoms with Crippen LogP contribution in [-0.2, 0) is 0 Å². The Balaban J connectivity index is 1.62. The van der Waals surface area contributed by atoms with Crippen molar-refractivity contribution in [2.24, 2.45) is 5.41 Å². The normalized spacial score (nSPS) is 22.0. The number of H-pyrrole nitrogens is 1. The highest BCUT2D eigenvalue weighted by Gasteiger charge is 2.40. The number of nitrogens with zero attached hydrogens (tertiary/aromatic N) is 3. The van der Waals surface area contributed by atoms with Gasteiger partial charge in [0.05, 0.1) is 17.4 Å². The number of aromatic nitrogens is 2. The van der Waals surface area contributed by atoms with Crippen LogP contribution in [0.1, 0.15) is 62.1 Å². The van der Waals surface area contributed by atoms with Gasteiger partial charge < -0.3 is 9.88 Å². The molecule has 1 N–H and O–H groups in total. The first kappa shape index (κ1) is 14.9. The van der Waals surface area contributed by atoms with Crippen LogP contribution in [-0.4, -0.2) is 23.1 Å². The highest BCUT2D eigenvalue weighted by molar-refractivity contribution is 5.94. The van der Waals surface area contributed by atoms with Crippen LogP contribution in [0.25, 0.3) is 10.9 Å². The van der Waals surface area contributed by atoms with Gasteiger partial charge in [-0.25, -0.2) is 0 Å². The lowest BCUT2D eigenvalue weighted by atomic mass is 9.63. The summed E-state index contributed by atoms with van der Waals surface area (Å²) < 4.78 is 0. The van der Waals surface area contributed by atoms with Crippen molar-refractivity contribution in [3.05, 3.63) is 33.9 Å². The molecule has 1 spiro atoms. The summed E-state index contributed by atoms with van der Waals surface area (Å²) in [5.41, 5.74) is 3.17. The molecule has 0 amide bonds. The number of anilines is 1. The molecule has 3 heterocycles. The minimum absolute atomic E-state index is 0.255. The average Bonchev–Trinajstić information content (AvgIpc) is 3.44. The van der Waals surface area contributed by atoms with Gasteiger partial charge in [-0.15, -0.1) is 0 Å². The predicted octanol–water partition coefficient (Wildman–Crippen LogP) is 3.44. The second-order valence-corrected chi connectivity index (χ2v) is 8.06. The molecular formula is C20H22N4O. The molecule has 0 atom stereocenters. The van der Waals surface area contributed by atoms with E-state index in [1.165, 1.54) is 44.9 Å². The SMILES string of the molecule is N#Cc1c(N2CCC3(CCC3)CC2)c2cc(C3CC3)ncc2[nH]c1=O. The summed E-state index contributed by atoms with van der Waals surface area (Å²) in [5.74, 6) is 0.550. The van der Waals surface area contributed by atoms with Crippen LogP contribution in [0.4, 0.5) is 5.69 Å². The van der Waals surface area contributed by atoms with Gasteiger partial charge in [-0.05, 0) is 50.0 Å². The molecule has 0 radical (unpaired) electrons. The van der Waals surface area contributed by atoms with Crippen molar-refractivity contribution in [2.75, 3.05) is 18.0 Å². The van der Waals surface area contributed by atoms with E-state index in [-0.39, 0.29) is 11.1 Å². The summed E-state index contributed by atoms with van der Waals surface area (Å²) in [6.45, 7) is 1.88. The number of aromatic amines is 1. The van der Waals surface area contributed by atoms with E-state index in [1.54, 1.807) is 6.20 Å². The molecule has 2 aromatic rings. The summed E-state index contributed by atoms with van der Waals surface area (Å²) in [6.07, 6.45) is 10.5. The molecule has 25 heavy (non-hydrogen) atoms. The monoisotopic (exact) mass is 334 g/mol. The molecule has 3 fully saturated rings. The quantitative estimate of drug-likeness (QED) is 0.913. The Morgan fingerprint density at radius 2 is 2.00 bits per heavy atom. The van der Waals surface area contributed by atoms with Crippen molar-refractivity contribution < 1.29 is 0 Å². The van der Waals surface area contributed by atoms with E-state index in [9.17, 15) is 10.1 Å². The first-order chi connectivity index (χ1) is 12.2. The first-order valence-corrected chi connectivity index (χ1v) is 9.40. The Labute approximate surface area is 146 Å². The van der Waals surface area contributed by atoms with Crippen molar-refractivity contribution >= 4 is 16.6 Å². The number of pyridine rings is 2. The fraction of sp³-hybridized carbons (Fsp3) is 0.550. The zero-order valence-corrected chi connectivity index (χ0v) is 14.3. The number of fused-ring (bicyclic) bond motifs is 1. The van der Waals surface area contributed by atoms with Crippen molar-refractivity contribution in [3.63, 3.8) is 0 Å². The molecule has 0 unspecified atom stereocenters. The molecule has 128 valence electrons. The molecule has 3 aliphatic rings. The van der Waals surface area contributed by atoms with Crippen LogP contribution < -0.4 is 10.5 Å². The third kappa shape index (κ3) is 2.35. The highest BCUT2D eigenvalue weighted by atomic mass is 16.1. The van der Waals surface area contributed by atoms with E-state index in [0.29, 0.717) is 11.3 Å². The van der Waals surface area contributed by atoms with E-state index in [2.05, 4.69) is 27.0 Å². The largest absolute Gasteiger partial charge is 0.370 e. The van der Waals surface area contributed by atoms with Gasteiger partial charge >= 0.3 is 0 Å². The van der Waals surface area contributed by atoms with Gasteiger partial charge in [0.1, 0.15) is 11.6 Å². The molecule has 2 aromatic heterocycles. The first-order valence-electron chi connectivity index (χ1n) is 9.40. The molecule has 5 nitrogen and oxygen atoms in total. The summed E-state index contributed by atoms with van der Waals surface area (Å²) in [4.78, 5) is 22.1. The van der Waals surface area contributed by atoms with Crippen LogP contribution in [0.15, 0.2) is 17.1 Å². The molecule has 0 aromatic carbocycles. The van der Waals surface area contributed by atoms with Crippen molar-refractivity contribution in [3.8, 4) is 6.07 Å². The third-order valence-corrected chi connectivity index (χ3v) is 6.55. The lowest BCUT2D eigenvalue weighted by Crippen LogP contribution is -2.44. The average molecular weight is 334 g/mol. The second kappa shape index (κ2) is 5.32. The minimum atomic E-state index is -0.296. The van der Waals surface area contributed by atoms with E-state index < -0.39 is 0 Å². The Kier molecular flexibility index (Phi) is 3.18. The number of nitriles is 1. The maximum atomic E-state index is 12.4. The zero-order chi connectivity index (χ0) is 17.0. The van der Waals surface area contributed by atoms with Gasteiger partial charge in [0.15, 0.2) is 0 Å². The summed E-state index contributed by atoms with van der Waals surface area (Å²) in [6, 6.07) is 4.26. The maximum absolute atomic E-state index is 12.4. The number of rotatable bonds is 2. The van der Waals surface area contributed by atoms with Gasteiger partial charge in [0.2, 0.25) is 0 Å². The number of hydrogen-bond acceptors (Lipinski definition) is 4. The Morgan fingerprint density at radius 3 is 2.60 bits per heavy atom. The van der Waals surface area contributed by atoms with Gasteiger partial charge in [-0.3, -0.25) is 9.78 Å². The van der Waals surface area contributed by atoms with Crippen LogP contribution in [0.2, 0.25) is 0 Å². The number of piperidine rings is 1. The van der Waals surface area contributed by atoms with E-state index in [1.807, 2.05) is 0 Å². The van der Waals surface area contributed by atoms with Crippen LogP contribution in [0.5, 0.6) is 0 Å². The smallest absolute Gasteiger partial charge is 0.268 e. The molecular weight excluding hydrogens is 312 g/mol. The topological polar surface area (TPSA) is 72.8 Å². The minimum Gasteiger partial charge on any atom is -0.370 e. The summed E-state index contributed by atoms with van der Waals surface area (Å²) in [7, 11) is 0. The molecule has 0 bridgehead atoms. The highest BCUT2D eigenvalue weighted by Crippen LogP contribution is 2.50. The van der Waals surface area contributed by atoms with Crippen molar-refractivity contribution in [1.29, 1.82) is 5.26 Å². The molecule has 5 heteroatoms. The standard InChI is InChI=1S/C20H22N4O/c21-11-15-18(24-8-6-20(7-9-24)4-1-5-20)14-10-16(13-2-3-13)22-12-17(14)23-19(15)25/h10,12-13H,1-9H2,(H,23,25). The molecule has 2 saturated carbocycles. The maximum Gasteiger partial charge on any atom is 0.268 e. The molecule has 5 rings (SSSR count). The fourth-order valence-electron chi connectivity index (χ4n) is 4.61. The van der Waals surface area contributed by atoms with Crippen LogP contribution in [0.3, 0.4) is 0 Å². The van der Waals surface area contributed by atoms with Crippen molar-refractivity contribution in [1.82, 2.24) is 9.97 Å². The summed E-state index contributed by atoms with van der Waals surface area (Å²) in [5, 5.41) is 10.6. The van der Waals surface area contributed by atoms with Gasteiger partial charge in [0, 0.05) is 30.1 Å². The lowest BCUT2D eigenvalue weighted by molar-refractivity contribution is 0.0956. The molecule has 2 aliphatic carbocycles.